The number of hydrogen-bond donors (Lipinski definition) is 2. The van der Waals surface area contributed by atoms with Crippen LogP contribution >= 0.6 is 11.8 Å². The van der Waals surface area contributed by atoms with Crippen LogP contribution in [0, 0.1) is 0 Å². The molecule has 0 saturated heterocycles. The molecule has 2 N–H and O–H groups in total. The van der Waals surface area contributed by atoms with Crippen LogP contribution in [0.3, 0.4) is 0 Å². The van der Waals surface area contributed by atoms with E-state index in [1.807, 2.05) is 19.9 Å². The average molecular weight is 393 g/mol. The van der Waals surface area contributed by atoms with Gasteiger partial charge in [-0.1, -0.05) is 0 Å². The van der Waals surface area contributed by atoms with Crippen LogP contribution in [-0.4, -0.2) is 42.8 Å². The SMILES string of the molecule is COc1ccc([C@@H]2SCC(=O)Nc3c2c(=O)[nH]n3C(C)C)c(OC)c1OC. The Balaban J connectivity index is 2.25. The van der Waals surface area contributed by atoms with Crippen molar-refractivity contribution in [2.75, 3.05) is 32.4 Å². The van der Waals surface area contributed by atoms with E-state index in [2.05, 4.69) is 10.4 Å². The summed E-state index contributed by atoms with van der Waals surface area (Å²) in [6.45, 7) is 3.87. The molecule has 3 rings (SSSR count). The van der Waals surface area contributed by atoms with Gasteiger partial charge in [0.1, 0.15) is 5.82 Å². The van der Waals surface area contributed by atoms with E-state index >= 15 is 0 Å². The predicted molar refractivity (Wildman–Crippen MR) is 104 cm³/mol. The van der Waals surface area contributed by atoms with Gasteiger partial charge in [0.25, 0.3) is 5.56 Å². The summed E-state index contributed by atoms with van der Waals surface area (Å²) in [7, 11) is 4.62. The number of nitrogens with zero attached hydrogens (tertiary/aromatic N) is 1. The summed E-state index contributed by atoms with van der Waals surface area (Å²) in [6.07, 6.45) is 0. The van der Waals surface area contributed by atoms with Gasteiger partial charge in [-0.15, -0.1) is 11.8 Å². The molecule has 0 spiro atoms. The molecule has 0 aliphatic carbocycles. The van der Waals surface area contributed by atoms with E-state index in [1.165, 1.54) is 26.0 Å². The molecule has 1 atom stereocenters. The van der Waals surface area contributed by atoms with Crippen molar-refractivity contribution in [1.82, 2.24) is 9.78 Å². The first-order chi connectivity index (χ1) is 12.9. The second-order valence-electron chi connectivity index (χ2n) is 6.33. The van der Waals surface area contributed by atoms with Crippen LogP contribution < -0.4 is 25.1 Å². The number of amides is 1. The van der Waals surface area contributed by atoms with Crippen LogP contribution in [0.25, 0.3) is 0 Å². The molecule has 0 unspecified atom stereocenters. The molecule has 146 valence electrons. The standard InChI is InChI=1S/C18H23N3O5S/c1-9(2)21-17-13(18(23)20-21)16(27-8-12(22)19-17)10-6-7-11(24-3)15(26-5)14(10)25-4/h6-7,9,16H,8H2,1-5H3,(H,19,22)(H,20,23)/t16-/m0/s1. The van der Waals surface area contributed by atoms with Gasteiger partial charge in [0.15, 0.2) is 11.5 Å². The van der Waals surface area contributed by atoms with Crippen molar-refractivity contribution in [3.63, 3.8) is 0 Å². The molecule has 1 aromatic carbocycles. The average Bonchev–Trinajstić information content (AvgIpc) is 2.86. The number of aromatic amines is 1. The highest BCUT2D eigenvalue weighted by Crippen LogP contribution is 2.49. The summed E-state index contributed by atoms with van der Waals surface area (Å²) < 4.78 is 18.1. The van der Waals surface area contributed by atoms with Gasteiger partial charge in [-0.25, -0.2) is 0 Å². The van der Waals surface area contributed by atoms with E-state index in [4.69, 9.17) is 14.2 Å². The molecule has 1 aliphatic heterocycles. The molecular weight excluding hydrogens is 370 g/mol. The first-order valence-electron chi connectivity index (χ1n) is 8.47. The summed E-state index contributed by atoms with van der Waals surface area (Å²) in [5, 5.41) is 5.28. The topological polar surface area (TPSA) is 94.6 Å². The van der Waals surface area contributed by atoms with Crippen molar-refractivity contribution >= 4 is 23.5 Å². The van der Waals surface area contributed by atoms with Crippen molar-refractivity contribution in [1.29, 1.82) is 0 Å². The number of ether oxygens (including phenoxy) is 3. The first-order valence-corrected chi connectivity index (χ1v) is 9.52. The molecule has 2 heterocycles. The fraction of sp³-hybridized carbons (Fsp3) is 0.444. The molecule has 1 aromatic heterocycles. The second kappa shape index (κ2) is 7.59. The largest absolute Gasteiger partial charge is 0.493 e. The number of H-pyrrole nitrogens is 1. The van der Waals surface area contributed by atoms with Gasteiger partial charge in [0.05, 0.1) is 37.9 Å². The number of thioether (sulfide) groups is 1. The van der Waals surface area contributed by atoms with E-state index in [-0.39, 0.29) is 23.3 Å². The van der Waals surface area contributed by atoms with Gasteiger partial charge in [-0.2, -0.15) is 0 Å². The summed E-state index contributed by atoms with van der Waals surface area (Å²) in [5.41, 5.74) is 0.991. The van der Waals surface area contributed by atoms with Crippen molar-refractivity contribution in [3.05, 3.63) is 33.6 Å². The highest BCUT2D eigenvalue weighted by atomic mass is 32.2. The predicted octanol–water partition coefficient (Wildman–Crippen LogP) is 2.56. The number of benzene rings is 1. The van der Waals surface area contributed by atoms with Gasteiger partial charge in [-0.3, -0.25) is 19.4 Å². The van der Waals surface area contributed by atoms with Crippen LogP contribution in [0.2, 0.25) is 0 Å². The zero-order valence-electron chi connectivity index (χ0n) is 15.9. The Morgan fingerprint density at radius 1 is 1.11 bits per heavy atom. The zero-order valence-corrected chi connectivity index (χ0v) is 16.7. The van der Waals surface area contributed by atoms with Crippen LogP contribution in [0.4, 0.5) is 5.82 Å². The third-order valence-electron chi connectivity index (χ3n) is 4.40. The third-order valence-corrected chi connectivity index (χ3v) is 5.65. The number of hydrogen-bond acceptors (Lipinski definition) is 6. The molecule has 27 heavy (non-hydrogen) atoms. The lowest BCUT2D eigenvalue weighted by Gasteiger charge is -2.20. The van der Waals surface area contributed by atoms with Gasteiger partial charge >= 0.3 is 0 Å². The second-order valence-corrected chi connectivity index (χ2v) is 7.42. The minimum atomic E-state index is -0.405. The summed E-state index contributed by atoms with van der Waals surface area (Å²) in [4.78, 5) is 25.0. The molecule has 9 heteroatoms. The van der Waals surface area contributed by atoms with Crippen molar-refractivity contribution in [2.24, 2.45) is 0 Å². The van der Waals surface area contributed by atoms with Crippen LogP contribution in [-0.2, 0) is 4.79 Å². The van der Waals surface area contributed by atoms with E-state index in [1.54, 1.807) is 17.9 Å². The maximum absolute atomic E-state index is 12.8. The quantitative estimate of drug-likeness (QED) is 0.811. The number of aromatic nitrogens is 2. The summed E-state index contributed by atoms with van der Waals surface area (Å²) >= 11 is 1.37. The number of methoxy groups -OCH3 is 3. The Hall–Kier alpha value is -2.55. The molecule has 1 amide bonds. The van der Waals surface area contributed by atoms with Crippen LogP contribution in [0.1, 0.15) is 36.3 Å². The lowest BCUT2D eigenvalue weighted by molar-refractivity contribution is -0.113. The van der Waals surface area contributed by atoms with E-state index in [0.717, 1.165) is 5.56 Å². The smallest absolute Gasteiger partial charge is 0.270 e. The molecule has 0 fully saturated rings. The van der Waals surface area contributed by atoms with Gasteiger partial charge in [0.2, 0.25) is 11.7 Å². The van der Waals surface area contributed by atoms with Crippen molar-refractivity contribution in [2.45, 2.75) is 25.1 Å². The van der Waals surface area contributed by atoms with E-state index < -0.39 is 5.25 Å². The van der Waals surface area contributed by atoms with E-state index in [9.17, 15) is 9.59 Å². The molecule has 0 radical (unpaired) electrons. The molecule has 0 saturated carbocycles. The molecule has 2 aromatic rings. The lowest BCUT2D eigenvalue weighted by atomic mass is 10.0. The minimum absolute atomic E-state index is 0.0159. The number of carbonyl (C=O) groups is 1. The lowest BCUT2D eigenvalue weighted by Crippen LogP contribution is -2.17. The Bertz CT molecular complexity index is 918. The van der Waals surface area contributed by atoms with Crippen LogP contribution in [0.15, 0.2) is 16.9 Å². The first kappa shape index (κ1) is 19.2. The molecule has 0 bridgehead atoms. The molecule has 1 aliphatic rings. The van der Waals surface area contributed by atoms with E-state index in [0.29, 0.717) is 28.6 Å². The summed E-state index contributed by atoms with van der Waals surface area (Å²) in [6, 6.07) is 3.59. The van der Waals surface area contributed by atoms with Crippen LogP contribution in [0.5, 0.6) is 17.2 Å². The highest BCUT2D eigenvalue weighted by molar-refractivity contribution is 8.00. The monoisotopic (exact) mass is 393 g/mol. The minimum Gasteiger partial charge on any atom is -0.493 e. The normalized spacial score (nSPS) is 16.5. The Labute approximate surface area is 161 Å². The number of anilines is 1. The summed E-state index contributed by atoms with van der Waals surface area (Å²) in [5.74, 6) is 2.01. The Kier molecular flexibility index (Phi) is 5.41. The maximum Gasteiger partial charge on any atom is 0.270 e. The highest BCUT2D eigenvalue weighted by Gasteiger charge is 2.34. The van der Waals surface area contributed by atoms with Crippen molar-refractivity contribution < 1.29 is 19.0 Å². The van der Waals surface area contributed by atoms with Gasteiger partial charge in [-0.05, 0) is 26.0 Å². The molecular formula is C18H23N3O5S. The van der Waals surface area contributed by atoms with Crippen molar-refractivity contribution in [3.8, 4) is 17.2 Å². The fourth-order valence-corrected chi connectivity index (χ4v) is 4.35. The maximum atomic E-state index is 12.8. The number of carbonyl (C=O) groups excluding carboxylic acids is 1. The number of rotatable bonds is 5. The van der Waals surface area contributed by atoms with Gasteiger partial charge < -0.3 is 19.5 Å². The molecule has 8 nitrogen and oxygen atoms in total. The zero-order chi connectivity index (χ0) is 19.7. The fourth-order valence-electron chi connectivity index (χ4n) is 3.21. The third kappa shape index (κ3) is 3.27. The van der Waals surface area contributed by atoms with Gasteiger partial charge in [0, 0.05) is 11.6 Å². The Morgan fingerprint density at radius 3 is 2.41 bits per heavy atom. The Morgan fingerprint density at radius 2 is 1.81 bits per heavy atom. The number of nitrogens with one attached hydrogen (secondary N) is 2. The number of fused-ring (bicyclic) bond motifs is 1.